The molecule has 1 fully saturated rings. The van der Waals surface area contributed by atoms with Gasteiger partial charge in [0.25, 0.3) is 0 Å². The standard InChI is InChI=1S/C9H15N3/c1-12-6-2-3-8(7-12)9-10-4-5-11-9/h4-5,8H,2-3,6-7H2,1H3,(H,10,11). The molecule has 2 heterocycles. The van der Waals surface area contributed by atoms with Crippen molar-refractivity contribution < 1.29 is 0 Å². The van der Waals surface area contributed by atoms with Gasteiger partial charge in [0, 0.05) is 24.9 Å². The van der Waals surface area contributed by atoms with Crippen LogP contribution < -0.4 is 0 Å². The highest BCUT2D eigenvalue weighted by Crippen LogP contribution is 2.22. The van der Waals surface area contributed by atoms with E-state index in [1.807, 2.05) is 12.4 Å². The number of hydrogen-bond donors (Lipinski definition) is 1. The van der Waals surface area contributed by atoms with Crippen LogP contribution in [0.1, 0.15) is 24.6 Å². The van der Waals surface area contributed by atoms with Crippen molar-refractivity contribution in [1.29, 1.82) is 0 Å². The van der Waals surface area contributed by atoms with Gasteiger partial charge in [-0.05, 0) is 26.4 Å². The number of H-pyrrole nitrogens is 1. The molecule has 0 aliphatic carbocycles. The van der Waals surface area contributed by atoms with Gasteiger partial charge < -0.3 is 9.88 Å². The number of nitrogens with zero attached hydrogens (tertiary/aromatic N) is 2. The Labute approximate surface area is 72.8 Å². The predicted molar refractivity (Wildman–Crippen MR) is 48.1 cm³/mol. The molecule has 2 rings (SSSR count). The van der Waals surface area contributed by atoms with E-state index in [0.717, 1.165) is 12.4 Å². The second-order valence-electron chi connectivity index (χ2n) is 3.58. The molecule has 1 atom stereocenters. The minimum atomic E-state index is 0.624. The van der Waals surface area contributed by atoms with Crippen LogP contribution in [0.2, 0.25) is 0 Å². The van der Waals surface area contributed by atoms with E-state index in [9.17, 15) is 0 Å². The molecule has 1 aromatic rings. The number of aromatic amines is 1. The van der Waals surface area contributed by atoms with E-state index in [4.69, 9.17) is 0 Å². The quantitative estimate of drug-likeness (QED) is 0.678. The summed E-state index contributed by atoms with van der Waals surface area (Å²) in [5.74, 6) is 1.78. The molecule has 0 bridgehead atoms. The first-order valence-corrected chi connectivity index (χ1v) is 4.54. The normalized spacial score (nSPS) is 25.9. The van der Waals surface area contributed by atoms with Crippen molar-refractivity contribution in [2.75, 3.05) is 20.1 Å². The molecule has 3 heteroatoms. The van der Waals surface area contributed by atoms with Crippen molar-refractivity contribution in [3.63, 3.8) is 0 Å². The third kappa shape index (κ3) is 1.50. The molecule has 1 unspecified atom stereocenters. The summed E-state index contributed by atoms with van der Waals surface area (Å²) in [6.45, 7) is 2.38. The number of piperidine rings is 1. The van der Waals surface area contributed by atoms with Gasteiger partial charge in [0.1, 0.15) is 5.82 Å². The lowest BCUT2D eigenvalue weighted by molar-refractivity contribution is 0.246. The van der Waals surface area contributed by atoms with E-state index in [2.05, 4.69) is 21.9 Å². The molecule has 0 spiro atoms. The van der Waals surface area contributed by atoms with Crippen LogP contribution in [-0.4, -0.2) is 35.0 Å². The third-order valence-electron chi connectivity index (χ3n) is 2.53. The number of nitrogens with one attached hydrogen (secondary N) is 1. The van der Waals surface area contributed by atoms with Crippen molar-refractivity contribution in [2.45, 2.75) is 18.8 Å². The number of likely N-dealkylation sites (tertiary alicyclic amines) is 1. The maximum Gasteiger partial charge on any atom is 0.110 e. The summed E-state index contributed by atoms with van der Waals surface area (Å²) >= 11 is 0. The molecule has 1 aliphatic heterocycles. The first-order valence-electron chi connectivity index (χ1n) is 4.54. The van der Waals surface area contributed by atoms with Crippen molar-refractivity contribution in [3.05, 3.63) is 18.2 Å². The van der Waals surface area contributed by atoms with E-state index in [1.54, 1.807) is 0 Å². The van der Waals surface area contributed by atoms with Gasteiger partial charge in [-0.2, -0.15) is 0 Å². The molecule has 66 valence electrons. The number of imidazole rings is 1. The fraction of sp³-hybridized carbons (Fsp3) is 0.667. The summed E-state index contributed by atoms with van der Waals surface area (Å²) < 4.78 is 0. The zero-order valence-corrected chi connectivity index (χ0v) is 7.45. The maximum atomic E-state index is 4.29. The summed E-state index contributed by atoms with van der Waals surface area (Å²) in [7, 11) is 2.18. The fourth-order valence-electron chi connectivity index (χ4n) is 1.89. The van der Waals surface area contributed by atoms with Crippen LogP contribution in [0, 0.1) is 0 Å². The lowest BCUT2D eigenvalue weighted by Crippen LogP contribution is -2.31. The van der Waals surface area contributed by atoms with Crippen molar-refractivity contribution in [3.8, 4) is 0 Å². The van der Waals surface area contributed by atoms with Gasteiger partial charge in [0.05, 0.1) is 0 Å². The van der Waals surface area contributed by atoms with Gasteiger partial charge in [0.2, 0.25) is 0 Å². The summed E-state index contributed by atoms with van der Waals surface area (Å²) in [6, 6.07) is 0. The van der Waals surface area contributed by atoms with E-state index in [1.165, 1.54) is 19.4 Å². The molecular weight excluding hydrogens is 150 g/mol. The third-order valence-corrected chi connectivity index (χ3v) is 2.53. The van der Waals surface area contributed by atoms with Crippen LogP contribution in [0.3, 0.4) is 0 Å². The lowest BCUT2D eigenvalue weighted by atomic mass is 9.98. The van der Waals surface area contributed by atoms with Gasteiger partial charge in [-0.15, -0.1) is 0 Å². The van der Waals surface area contributed by atoms with E-state index >= 15 is 0 Å². The monoisotopic (exact) mass is 165 g/mol. The second-order valence-corrected chi connectivity index (χ2v) is 3.58. The van der Waals surface area contributed by atoms with E-state index < -0.39 is 0 Å². The molecule has 0 aromatic carbocycles. The fourth-order valence-corrected chi connectivity index (χ4v) is 1.89. The summed E-state index contributed by atoms with van der Waals surface area (Å²) in [5.41, 5.74) is 0. The first kappa shape index (κ1) is 7.80. The molecule has 1 saturated heterocycles. The molecule has 0 radical (unpaired) electrons. The summed E-state index contributed by atoms with van der Waals surface area (Å²) in [4.78, 5) is 9.85. The predicted octanol–water partition coefficient (Wildman–Crippen LogP) is 1.22. The van der Waals surface area contributed by atoms with Gasteiger partial charge in [-0.1, -0.05) is 0 Å². The van der Waals surface area contributed by atoms with Crippen LogP contribution in [0.15, 0.2) is 12.4 Å². The Bertz CT molecular complexity index is 230. The molecule has 0 saturated carbocycles. The molecular formula is C9H15N3. The van der Waals surface area contributed by atoms with Gasteiger partial charge in [-0.3, -0.25) is 0 Å². The maximum absolute atomic E-state index is 4.29. The van der Waals surface area contributed by atoms with Gasteiger partial charge in [-0.25, -0.2) is 4.98 Å². The Balaban J connectivity index is 2.04. The van der Waals surface area contributed by atoms with Crippen molar-refractivity contribution >= 4 is 0 Å². The molecule has 1 aromatic heterocycles. The second kappa shape index (κ2) is 3.27. The zero-order valence-electron chi connectivity index (χ0n) is 7.45. The molecule has 1 aliphatic rings. The zero-order chi connectivity index (χ0) is 8.39. The minimum absolute atomic E-state index is 0.624. The molecule has 3 nitrogen and oxygen atoms in total. The highest BCUT2D eigenvalue weighted by molar-refractivity contribution is 4.99. The van der Waals surface area contributed by atoms with Crippen molar-refractivity contribution in [1.82, 2.24) is 14.9 Å². The minimum Gasteiger partial charge on any atom is -0.348 e. The van der Waals surface area contributed by atoms with Gasteiger partial charge >= 0.3 is 0 Å². The Hall–Kier alpha value is -0.830. The van der Waals surface area contributed by atoms with Crippen LogP contribution in [0.25, 0.3) is 0 Å². The highest BCUT2D eigenvalue weighted by atomic mass is 15.1. The number of likely N-dealkylation sites (N-methyl/N-ethyl adjacent to an activating group) is 1. The van der Waals surface area contributed by atoms with Crippen LogP contribution in [-0.2, 0) is 0 Å². The molecule has 1 N–H and O–H groups in total. The Morgan fingerprint density at radius 1 is 1.67 bits per heavy atom. The largest absolute Gasteiger partial charge is 0.348 e. The number of rotatable bonds is 1. The first-order chi connectivity index (χ1) is 5.86. The van der Waals surface area contributed by atoms with Crippen LogP contribution in [0.4, 0.5) is 0 Å². The lowest BCUT2D eigenvalue weighted by Gasteiger charge is -2.28. The average molecular weight is 165 g/mol. The number of aromatic nitrogens is 2. The SMILES string of the molecule is CN1CCCC(c2ncc[nH]2)C1. The Morgan fingerprint density at radius 3 is 3.25 bits per heavy atom. The summed E-state index contributed by atoms with van der Waals surface area (Å²) in [6.07, 6.45) is 6.31. The Morgan fingerprint density at radius 2 is 2.58 bits per heavy atom. The van der Waals surface area contributed by atoms with Crippen LogP contribution >= 0.6 is 0 Å². The molecule has 12 heavy (non-hydrogen) atoms. The smallest absolute Gasteiger partial charge is 0.110 e. The Kier molecular flexibility index (Phi) is 2.13. The van der Waals surface area contributed by atoms with Crippen molar-refractivity contribution in [2.24, 2.45) is 0 Å². The number of hydrogen-bond acceptors (Lipinski definition) is 2. The highest BCUT2D eigenvalue weighted by Gasteiger charge is 2.19. The van der Waals surface area contributed by atoms with Crippen LogP contribution in [0.5, 0.6) is 0 Å². The van der Waals surface area contributed by atoms with E-state index in [-0.39, 0.29) is 0 Å². The average Bonchev–Trinajstić information content (AvgIpc) is 2.56. The molecule has 0 amide bonds. The topological polar surface area (TPSA) is 31.9 Å². The van der Waals surface area contributed by atoms with Gasteiger partial charge in [0.15, 0.2) is 0 Å². The summed E-state index contributed by atoms with van der Waals surface area (Å²) in [5, 5.41) is 0. The van der Waals surface area contributed by atoms with E-state index in [0.29, 0.717) is 5.92 Å².